The lowest BCUT2D eigenvalue weighted by molar-refractivity contribution is -0.165. The van der Waals surface area contributed by atoms with Gasteiger partial charge < -0.3 is 15.2 Å². The quantitative estimate of drug-likeness (QED) is 0.826. The molecule has 21 heavy (non-hydrogen) atoms. The lowest BCUT2D eigenvalue weighted by Crippen LogP contribution is -2.61. The molecule has 1 aliphatic heterocycles. The van der Waals surface area contributed by atoms with Gasteiger partial charge in [-0.1, -0.05) is 12.1 Å². The lowest BCUT2D eigenvalue weighted by atomic mass is 9.95. The average Bonchev–Trinajstić information content (AvgIpc) is 2.36. The summed E-state index contributed by atoms with van der Waals surface area (Å²) in [4.78, 5) is 23.6. The van der Waals surface area contributed by atoms with Crippen molar-refractivity contribution in [2.75, 3.05) is 25.0 Å². The zero-order valence-electron chi connectivity index (χ0n) is 12.3. The third-order valence-corrected chi connectivity index (χ3v) is 3.34. The molecule has 0 aliphatic carbocycles. The Morgan fingerprint density at radius 3 is 2.48 bits per heavy atom. The van der Waals surface area contributed by atoms with Crippen molar-refractivity contribution in [1.29, 1.82) is 0 Å². The highest BCUT2D eigenvalue weighted by molar-refractivity contribution is 5.88. The number of likely N-dealkylation sites (tertiary alicyclic amines) is 1. The van der Waals surface area contributed by atoms with Gasteiger partial charge in [-0.15, -0.1) is 0 Å². The Balaban J connectivity index is 1.79. The maximum absolute atomic E-state index is 10.9. The third kappa shape index (κ3) is 4.54. The van der Waals surface area contributed by atoms with Crippen molar-refractivity contribution in [3.63, 3.8) is 0 Å². The second kappa shape index (κ2) is 6.24. The fraction of sp³-hybridized carbons (Fsp3) is 0.467. The maximum atomic E-state index is 10.9. The Morgan fingerprint density at radius 1 is 1.33 bits per heavy atom. The number of benzene rings is 1. The molecule has 1 aromatic carbocycles. The van der Waals surface area contributed by atoms with Crippen LogP contribution in [0, 0.1) is 0 Å². The molecule has 0 bridgehead atoms. The Kier molecular flexibility index (Phi) is 4.59. The molecule has 0 spiro atoms. The molecule has 0 aromatic heterocycles. The van der Waals surface area contributed by atoms with Crippen molar-refractivity contribution in [3.05, 3.63) is 29.8 Å². The third-order valence-electron chi connectivity index (χ3n) is 3.34. The molecule has 0 radical (unpaired) electrons. The van der Waals surface area contributed by atoms with Gasteiger partial charge in [-0.3, -0.25) is 9.69 Å². The zero-order valence-corrected chi connectivity index (χ0v) is 12.3. The van der Waals surface area contributed by atoms with Gasteiger partial charge in [0.15, 0.2) is 0 Å². The molecule has 0 saturated carbocycles. The van der Waals surface area contributed by atoms with Crippen LogP contribution < -0.4 is 5.32 Å². The van der Waals surface area contributed by atoms with Crippen LogP contribution in [0.15, 0.2) is 24.3 Å². The predicted octanol–water partition coefficient (Wildman–Crippen LogP) is 1.32. The van der Waals surface area contributed by atoms with Crippen LogP contribution in [-0.2, 0) is 20.9 Å². The zero-order chi connectivity index (χ0) is 15.5. The van der Waals surface area contributed by atoms with Gasteiger partial charge in [-0.25, -0.2) is 4.79 Å². The van der Waals surface area contributed by atoms with E-state index in [9.17, 15) is 9.59 Å². The highest BCUT2D eigenvalue weighted by Gasteiger charge is 2.39. The van der Waals surface area contributed by atoms with Gasteiger partial charge in [0.1, 0.15) is 6.61 Å². The molecule has 6 nitrogen and oxygen atoms in total. The Morgan fingerprint density at radius 2 is 1.95 bits per heavy atom. The van der Waals surface area contributed by atoms with Crippen LogP contribution >= 0.6 is 0 Å². The second-order valence-electron chi connectivity index (χ2n) is 5.66. The van der Waals surface area contributed by atoms with Crippen LogP contribution in [0.4, 0.5) is 5.69 Å². The van der Waals surface area contributed by atoms with Gasteiger partial charge in [0.25, 0.3) is 0 Å². The standard InChI is InChI=1S/C15H20N2O4/c1-11(18)16-13-5-3-12(4-6-13)7-17-9-15(2,10-17)21-8-14(19)20/h3-6H,7-10H2,1-2H3,(H,16,18)(H,19,20). The first-order chi connectivity index (χ1) is 9.86. The van der Waals surface area contributed by atoms with E-state index in [4.69, 9.17) is 9.84 Å². The van der Waals surface area contributed by atoms with Crippen molar-refractivity contribution in [1.82, 2.24) is 4.90 Å². The molecule has 1 heterocycles. The summed E-state index contributed by atoms with van der Waals surface area (Å²) in [6.07, 6.45) is 0. The average molecular weight is 292 g/mol. The number of hydrogen-bond acceptors (Lipinski definition) is 4. The van der Waals surface area contributed by atoms with E-state index in [1.54, 1.807) is 0 Å². The number of carboxylic acids is 1. The number of carbonyl (C=O) groups excluding carboxylic acids is 1. The van der Waals surface area contributed by atoms with Gasteiger partial charge in [0, 0.05) is 32.2 Å². The van der Waals surface area contributed by atoms with E-state index in [0.29, 0.717) is 13.1 Å². The van der Waals surface area contributed by atoms with Crippen molar-refractivity contribution in [2.24, 2.45) is 0 Å². The van der Waals surface area contributed by atoms with E-state index in [1.165, 1.54) is 6.92 Å². The molecule has 1 saturated heterocycles. The molecule has 0 atom stereocenters. The van der Waals surface area contributed by atoms with Crippen molar-refractivity contribution in [3.8, 4) is 0 Å². The van der Waals surface area contributed by atoms with Crippen LogP contribution in [0.5, 0.6) is 0 Å². The van der Waals surface area contributed by atoms with Crippen LogP contribution in [0.25, 0.3) is 0 Å². The molecule has 0 unspecified atom stereocenters. The number of anilines is 1. The summed E-state index contributed by atoms with van der Waals surface area (Å²) < 4.78 is 5.37. The van der Waals surface area contributed by atoms with Crippen LogP contribution in [0.2, 0.25) is 0 Å². The van der Waals surface area contributed by atoms with Crippen molar-refractivity contribution < 1.29 is 19.4 Å². The van der Waals surface area contributed by atoms with E-state index < -0.39 is 5.97 Å². The summed E-state index contributed by atoms with van der Waals surface area (Å²) in [7, 11) is 0. The normalized spacial score (nSPS) is 17.0. The molecule has 1 fully saturated rings. The van der Waals surface area contributed by atoms with E-state index in [2.05, 4.69) is 10.2 Å². The van der Waals surface area contributed by atoms with Gasteiger partial charge in [-0.05, 0) is 24.6 Å². The summed E-state index contributed by atoms with van der Waals surface area (Å²) in [5, 5.41) is 11.3. The van der Waals surface area contributed by atoms with Crippen LogP contribution in [0.1, 0.15) is 19.4 Å². The fourth-order valence-corrected chi connectivity index (χ4v) is 2.49. The number of nitrogens with zero attached hydrogens (tertiary/aromatic N) is 1. The number of carbonyl (C=O) groups is 2. The number of nitrogens with one attached hydrogen (secondary N) is 1. The number of rotatable bonds is 6. The minimum atomic E-state index is -0.941. The maximum Gasteiger partial charge on any atom is 0.329 e. The van der Waals surface area contributed by atoms with Crippen molar-refractivity contribution in [2.45, 2.75) is 26.0 Å². The van der Waals surface area contributed by atoms with E-state index in [0.717, 1.165) is 17.8 Å². The first kappa shape index (κ1) is 15.5. The highest BCUT2D eigenvalue weighted by atomic mass is 16.5. The predicted molar refractivity (Wildman–Crippen MR) is 78.0 cm³/mol. The summed E-state index contributed by atoms with van der Waals surface area (Å²) in [6.45, 7) is 5.36. The summed E-state index contributed by atoms with van der Waals surface area (Å²) in [5.41, 5.74) is 1.56. The van der Waals surface area contributed by atoms with Crippen molar-refractivity contribution >= 4 is 17.6 Å². The van der Waals surface area contributed by atoms with Gasteiger partial charge in [0.05, 0.1) is 5.60 Å². The SMILES string of the molecule is CC(=O)Nc1ccc(CN2CC(C)(OCC(=O)O)C2)cc1. The smallest absolute Gasteiger partial charge is 0.329 e. The Hall–Kier alpha value is -1.92. The van der Waals surface area contributed by atoms with E-state index in [-0.39, 0.29) is 18.1 Å². The summed E-state index contributed by atoms with van der Waals surface area (Å²) in [6, 6.07) is 7.69. The number of amides is 1. The van der Waals surface area contributed by atoms with Gasteiger partial charge in [-0.2, -0.15) is 0 Å². The molecule has 1 amide bonds. The minimum absolute atomic E-state index is 0.0863. The molecular weight excluding hydrogens is 272 g/mol. The van der Waals surface area contributed by atoms with E-state index in [1.807, 2.05) is 31.2 Å². The molecule has 2 N–H and O–H groups in total. The number of hydrogen-bond donors (Lipinski definition) is 2. The molecular formula is C15H20N2O4. The first-order valence-corrected chi connectivity index (χ1v) is 6.81. The number of carboxylic acid groups (broad SMARTS) is 1. The molecule has 6 heteroatoms. The molecule has 114 valence electrons. The minimum Gasteiger partial charge on any atom is -0.480 e. The largest absolute Gasteiger partial charge is 0.480 e. The van der Waals surface area contributed by atoms with Crippen LogP contribution in [-0.4, -0.2) is 47.2 Å². The monoisotopic (exact) mass is 292 g/mol. The second-order valence-corrected chi connectivity index (χ2v) is 5.66. The molecule has 1 aromatic rings. The number of ether oxygens (including phenoxy) is 1. The van der Waals surface area contributed by atoms with Crippen LogP contribution in [0.3, 0.4) is 0 Å². The Bertz CT molecular complexity index is 521. The molecule has 2 rings (SSSR count). The summed E-state index contributed by atoms with van der Waals surface area (Å²) >= 11 is 0. The fourth-order valence-electron chi connectivity index (χ4n) is 2.49. The first-order valence-electron chi connectivity index (χ1n) is 6.81. The van der Waals surface area contributed by atoms with E-state index >= 15 is 0 Å². The topological polar surface area (TPSA) is 78.9 Å². The van der Waals surface area contributed by atoms with Gasteiger partial charge in [0.2, 0.25) is 5.91 Å². The Labute approximate surface area is 123 Å². The summed E-state index contributed by atoms with van der Waals surface area (Å²) in [5.74, 6) is -1.03. The lowest BCUT2D eigenvalue weighted by Gasteiger charge is -2.47. The molecule has 1 aliphatic rings. The van der Waals surface area contributed by atoms with Gasteiger partial charge >= 0.3 is 5.97 Å². The number of aliphatic carboxylic acids is 1. The highest BCUT2D eigenvalue weighted by Crippen LogP contribution is 2.26.